The number of halogens is 5. The average Bonchev–Trinajstić information content (AvgIpc) is 2.76. The first-order chi connectivity index (χ1) is 14.3. The van der Waals surface area contributed by atoms with Crippen LogP contribution in [-0.2, 0) is 9.09 Å². The zero-order valence-corrected chi connectivity index (χ0v) is 16.6. The summed E-state index contributed by atoms with van der Waals surface area (Å²) in [5.41, 5.74) is 0.692. The summed E-state index contributed by atoms with van der Waals surface area (Å²) < 4.78 is 89.9. The molecular formula is C21H17F5NO2P. The molecule has 0 aliphatic heterocycles. The Morgan fingerprint density at radius 3 is 1.77 bits per heavy atom. The van der Waals surface area contributed by atoms with Crippen LogP contribution in [-0.4, -0.2) is 6.61 Å². The smallest absolute Gasteiger partial charge is 0.264 e. The molecule has 0 spiro atoms. The summed E-state index contributed by atoms with van der Waals surface area (Å²) in [6.07, 6.45) is 0. The van der Waals surface area contributed by atoms with Gasteiger partial charge in [-0.1, -0.05) is 48.5 Å². The molecule has 0 aliphatic rings. The van der Waals surface area contributed by atoms with Crippen LogP contribution in [0, 0.1) is 29.1 Å². The van der Waals surface area contributed by atoms with E-state index in [9.17, 15) is 26.5 Å². The van der Waals surface area contributed by atoms with Gasteiger partial charge in [-0.15, -0.1) is 0 Å². The van der Waals surface area contributed by atoms with Gasteiger partial charge in [-0.3, -0.25) is 4.57 Å². The molecule has 0 radical (unpaired) electrons. The van der Waals surface area contributed by atoms with Gasteiger partial charge in [-0.05, 0) is 24.6 Å². The van der Waals surface area contributed by atoms with Gasteiger partial charge in [0.25, 0.3) is 7.37 Å². The molecule has 3 nitrogen and oxygen atoms in total. The topological polar surface area (TPSA) is 38.3 Å². The van der Waals surface area contributed by atoms with Crippen molar-refractivity contribution < 1.29 is 31.0 Å². The van der Waals surface area contributed by atoms with Gasteiger partial charge in [0.2, 0.25) is 5.82 Å². The molecule has 0 unspecified atom stereocenters. The van der Waals surface area contributed by atoms with Gasteiger partial charge in [-0.2, -0.15) is 0 Å². The number of para-hydroxylation sites is 1. The molecule has 0 aromatic heterocycles. The van der Waals surface area contributed by atoms with Gasteiger partial charge < -0.3 is 9.84 Å². The van der Waals surface area contributed by atoms with Crippen LogP contribution in [0.4, 0.5) is 27.6 Å². The van der Waals surface area contributed by atoms with E-state index in [0.29, 0.717) is 5.69 Å². The Bertz CT molecular complexity index is 1050. The molecule has 0 heterocycles. The van der Waals surface area contributed by atoms with E-state index in [1.54, 1.807) is 48.5 Å². The fourth-order valence-corrected chi connectivity index (χ4v) is 5.57. The van der Waals surface area contributed by atoms with Crippen molar-refractivity contribution in [2.24, 2.45) is 0 Å². The summed E-state index contributed by atoms with van der Waals surface area (Å²) in [5, 5.41) is 1.39. The molecule has 0 fully saturated rings. The third-order valence-corrected chi connectivity index (χ3v) is 7.12. The van der Waals surface area contributed by atoms with E-state index in [4.69, 9.17) is 4.52 Å². The quantitative estimate of drug-likeness (QED) is 0.207. The lowest BCUT2D eigenvalue weighted by Crippen LogP contribution is -2.28. The maximum absolute atomic E-state index is 14.6. The number of nitrogens with one attached hydrogen (secondary N) is 1. The Morgan fingerprint density at radius 1 is 0.800 bits per heavy atom. The Kier molecular flexibility index (Phi) is 6.58. The fourth-order valence-electron chi connectivity index (χ4n) is 3.02. The molecule has 3 rings (SSSR count). The lowest BCUT2D eigenvalue weighted by Gasteiger charge is -2.30. The zero-order chi connectivity index (χ0) is 21.9. The minimum atomic E-state index is -4.73. The van der Waals surface area contributed by atoms with Crippen molar-refractivity contribution in [1.82, 2.24) is 0 Å². The second kappa shape index (κ2) is 8.98. The molecule has 1 N–H and O–H groups in total. The first-order valence-corrected chi connectivity index (χ1v) is 10.6. The summed E-state index contributed by atoms with van der Waals surface area (Å²) in [6, 6.07) is 16.1. The first kappa shape index (κ1) is 22.0. The Balaban J connectivity index is 2.29. The summed E-state index contributed by atoms with van der Waals surface area (Å²) in [5.74, 6) is -12.5. The van der Waals surface area contributed by atoms with Gasteiger partial charge in [0.15, 0.2) is 23.3 Å². The van der Waals surface area contributed by atoms with E-state index in [1.807, 2.05) is 0 Å². The maximum atomic E-state index is 14.6. The normalized spacial score (nSPS) is 14.2. The lowest BCUT2D eigenvalue weighted by atomic mass is 10.2. The number of anilines is 1. The van der Waals surface area contributed by atoms with Crippen LogP contribution in [0.5, 0.6) is 0 Å². The van der Waals surface area contributed by atoms with Crippen molar-refractivity contribution in [3.8, 4) is 0 Å². The van der Waals surface area contributed by atoms with Crippen molar-refractivity contribution in [2.75, 3.05) is 11.9 Å². The number of hydrogen-bond donors (Lipinski definition) is 1. The van der Waals surface area contributed by atoms with Crippen LogP contribution >= 0.6 is 7.37 Å². The van der Waals surface area contributed by atoms with Crippen LogP contribution in [0.25, 0.3) is 0 Å². The van der Waals surface area contributed by atoms with E-state index >= 15 is 0 Å². The third-order valence-electron chi connectivity index (χ3n) is 4.35. The molecule has 3 aromatic carbocycles. The van der Waals surface area contributed by atoms with E-state index in [-0.39, 0.29) is 12.2 Å². The molecule has 158 valence electrons. The SMILES string of the molecule is CCO[P@](=O)(c1c(F)c(F)c(F)c(F)c1F)[C@@H](Nc1ccccc1)c1ccccc1. The molecule has 9 heteroatoms. The van der Waals surface area contributed by atoms with Gasteiger partial charge in [0, 0.05) is 5.69 Å². The Hall–Kier alpha value is -2.70. The van der Waals surface area contributed by atoms with Crippen LogP contribution in [0.15, 0.2) is 60.7 Å². The number of benzene rings is 3. The minimum Gasteiger partial charge on any atom is -0.370 e. The maximum Gasteiger partial charge on any atom is 0.264 e. The van der Waals surface area contributed by atoms with E-state index < -0.39 is 47.5 Å². The van der Waals surface area contributed by atoms with Crippen molar-refractivity contribution in [2.45, 2.75) is 12.7 Å². The molecule has 0 saturated carbocycles. The fraction of sp³-hybridized carbons (Fsp3) is 0.143. The molecule has 30 heavy (non-hydrogen) atoms. The predicted octanol–water partition coefficient (Wildman–Crippen LogP) is 6.13. The van der Waals surface area contributed by atoms with Gasteiger partial charge in [0.05, 0.1) is 6.61 Å². The van der Waals surface area contributed by atoms with Crippen LogP contribution in [0.3, 0.4) is 0 Å². The molecule has 0 saturated heterocycles. The van der Waals surface area contributed by atoms with E-state index in [1.165, 1.54) is 19.1 Å². The predicted molar refractivity (Wildman–Crippen MR) is 104 cm³/mol. The second-order valence-electron chi connectivity index (χ2n) is 6.26. The van der Waals surface area contributed by atoms with E-state index in [0.717, 1.165) is 0 Å². The highest BCUT2D eigenvalue weighted by molar-refractivity contribution is 7.67. The molecule has 2 atom stereocenters. The monoisotopic (exact) mass is 441 g/mol. The second-order valence-corrected chi connectivity index (χ2v) is 8.67. The largest absolute Gasteiger partial charge is 0.370 e. The van der Waals surface area contributed by atoms with Crippen LogP contribution in [0.1, 0.15) is 18.3 Å². The zero-order valence-electron chi connectivity index (χ0n) is 15.7. The van der Waals surface area contributed by atoms with Gasteiger partial charge in [0.1, 0.15) is 11.1 Å². The van der Waals surface area contributed by atoms with Crippen molar-refractivity contribution >= 4 is 18.4 Å². The molecule has 3 aromatic rings. The molecule has 0 amide bonds. The minimum absolute atomic E-state index is 0.280. The van der Waals surface area contributed by atoms with Crippen LogP contribution in [0.2, 0.25) is 0 Å². The first-order valence-electron chi connectivity index (χ1n) is 8.94. The summed E-state index contributed by atoms with van der Waals surface area (Å²) in [4.78, 5) is 0. The van der Waals surface area contributed by atoms with Gasteiger partial charge >= 0.3 is 0 Å². The van der Waals surface area contributed by atoms with Crippen molar-refractivity contribution in [1.29, 1.82) is 0 Å². The lowest BCUT2D eigenvalue weighted by molar-refractivity contribution is 0.330. The Labute approximate surface area is 170 Å². The highest BCUT2D eigenvalue weighted by Crippen LogP contribution is 2.60. The van der Waals surface area contributed by atoms with E-state index in [2.05, 4.69) is 5.32 Å². The van der Waals surface area contributed by atoms with Crippen molar-refractivity contribution in [3.63, 3.8) is 0 Å². The summed E-state index contributed by atoms with van der Waals surface area (Å²) in [6.45, 7) is 1.11. The third kappa shape index (κ3) is 3.98. The molecule has 0 aliphatic carbocycles. The number of rotatable bonds is 7. The highest BCUT2D eigenvalue weighted by atomic mass is 31.2. The molecule has 0 bridgehead atoms. The highest BCUT2D eigenvalue weighted by Gasteiger charge is 2.45. The van der Waals surface area contributed by atoms with Gasteiger partial charge in [-0.25, -0.2) is 22.0 Å². The summed E-state index contributed by atoms with van der Waals surface area (Å²) in [7, 11) is -4.73. The van der Waals surface area contributed by atoms with Crippen LogP contribution < -0.4 is 10.6 Å². The Morgan fingerprint density at radius 2 is 1.27 bits per heavy atom. The standard InChI is InChI=1S/C21H17F5NO2P/c1-2-29-30(28,20-18(25)16(23)15(22)17(24)19(20)26)21(13-9-5-3-6-10-13)27-14-11-7-4-8-12-14/h3-12,21,27H,2H2,1H3/t21-,30-/m1/s1. The summed E-state index contributed by atoms with van der Waals surface area (Å²) >= 11 is 0. The molecular weight excluding hydrogens is 424 g/mol. The van der Waals surface area contributed by atoms with Crippen molar-refractivity contribution in [3.05, 3.63) is 95.3 Å². The number of hydrogen-bond acceptors (Lipinski definition) is 3. The average molecular weight is 441 g/mol.